The van der Waals surface area contributed by atoms with Crippen molar-refractivity contribution in [2.75, 3.05) is 4.90 Å². The Morgan fingerprint density at radius 1 is 0.535 bits per heavy atom. The van der Waals surface area contributed by atoms with E-state index in [9.17, 15) is 0 Å². The Morgan fingerprint density at radius 2 is 1.28 bits per heavy atom. The van der Waals surface area contributed by atoms with Crippen molar-refractivity contribution in [1.29, 1.82) is 0 Å². The molecule has 0 radical (unpaired) electrons. The van der Waals surface area contributed by atoms with E-state index in [2.05, 4.69) is 149 Å². The number of hydrogen-bond acceptors (Lipinski definition) is 3. The third-order valence-corrected chi connectivity index (χ3v) is 9.53. The molecule has 9 rings (SSSR count). The zero-order valence-corrected chi connectivity index (χ0v) is 24.0. The second kappa shape index (κ2) is 9.55. The van der Waals surface area contributed by atoms with Crippen LogP contribution in [0.25, 0.3) is 58.6 Å². The van der Waals surface area contributed by atoms with Crippen molar-refractivity contribution in [2.24, 2.45) is 0 Å². The highest BCUT2D eigenvalue weighted by atomic mass is 32.1. The molecule has 0 aliphatic rings. The molecule has 0 aliphatic carbocycles. The maximum atomic E-state index is 4.85. The van der Waals surface area contributed by atoms with Crippen LogP contribution in [0.2, 0.25) is 0 Å². The van der Waals surface area contributed by atoms with Gasteiger partial charge in [0.2, 0.25) is 0 Å². The average molecular weight is 568 g/mol. The monoisotopic (exact) mass is 567 g/mol. The van der Waals surface area contributed by atoms with E-state index in [-0.39, 0.29) is 0 Å². The van der Waals surface area contributed by atoms with Crippen LogP contribution in [0.5, 0.6) is 0 Å². The molecule has 0 aliphatic heterocycles. The van der Waals surface area contributed by atoms with Crippen LogP contribution >= 0.6 is 11.3 Å². The van der Waals surface area contributed by atoms with Gasteiger partial charge in [0.25, 0.3) is 0 Å². The van der Waals surface area contributed by atoms with Crippen molar-refractivity contribution in [3.8, 4) is 5.69 Å². The quantitative estimate of drug-likeness (QED) is 0.211. The van der Waals surface area contributed by atoms with Gasteiger partial charge >= 0.3 is 0 Å². The molecule has 9 aromatic rings. The molecule has 3 nitrogen and oxygen atoms in total. The van der Waals surface area contributed by atoms with Crippen molar-refractivity contribution in [3.63, 3.8) is 0 Å². The number of anilines is 3. The van der Waals surface area contributed by atoms with Gasteiger partial charge in [0.1, 0.15) is 0 Å². The van der Waals surface area contributed by atoms with Gasteiger partial charge in [0, 0.05) is 54.5 Å². The Morgan fingerprint density at radius 3 is 2.16 bits per heavy atom. The third kappa shape index (κ3) is 3.77. The minimum Gasteiger partial charge on any atom is -0.310 e. The molecule has 3 aromatic heterocycles. The van der Waals surface area contributed by atoms with Gasteiger partial charge in [-0.05, 0) is 89.6 Å². The number of rotatable bonds is 4. The molecular formula is C39H25N3S. The highest BCUT2D eigenvalue weighted by molar-refractivity contribution is 7.26. The van der Waals surface area contributed by atoms with Gasteiger partial charge in [0.05, 0.1) is 16.6 Å². The van der Waals surface area contributed by atoms with Crippen LogP contribution < -0.4 is 4.90 Å². The SMILES string of the molecule is c1ccc(N(c2ccc(-n3c4cccnc4c4ccc5sc6ccccc6c5c43)cc2)c2ccc3ccccc3c2)cc1. The summed E-state index contributed by atoms with van der Waals surface area (Å²) in [7, 11) is 0. The van der Waals surface area contributed by atoms with Crippen LogP contribution in [-0.4, -0.2) is 9.55 Å². The van der Waals surface area contributed by atoms with E-state index in [1.807, 2.05) is 23.6 Å². The van der Waals surface area contributed by atoms with Gasteiger partial charge in [-0.1, -0.05) is 66.7 Å². The lowest BCUT2D eigenvalue weighted by Crippen LogP contribution is -2.10. The highest BCUT2D eigenvalue weighted by Gasteiger charge is 2.19. The number of aromatic nitrogens is 2. The zero-order valence-electron chi connectivity index (χ0n) is 23.2. The summed E-state index contributed by atoms with van der Waals surface area (Å²) in [5.74, 6) is 0. The number of fused-ring (bicyclic) bond motifs is 8. The summed E-state index contributed by atoms with van der Waals surface area (Å²) in [6.07, 6.45) is 1.90. The Labute approximate surface area is 252 Å². The van der Waals surface area contributed by atoms with Gasteiger partial charge in [-0.15, -0.1) is 11.3 Å². The van der Waals surface area contributed by atoms with Crippen LogP contribution in [0.4, 0.5) is 17.1 Å². The fraction of sp³-hybridized carbons (Fsp3) is 0. The van der Waals surface area contributed by atoms with Crippen molar-refractivity contribution < 1.29 is 0 Å². The molecule has 202 valence electrons. The average Bonchev–Trinajstić information content (AvgIpc) is 3.61. The standard InChI is InChI=1S/C39H25N3S/c1-2-11-28(12-3-1)41(31-17-16-26-9-4-5-10-27(26)25-31)29-18-20-30(21-19-29)42-34-14-8-24-40-38(34)33-22-23-36-37(39(33)42)32-13-6-7-15-35(32)43-36/h1-25H. The fourth-order valence-electron chi connectivity index (χ4n) is 6.49. The molecule has 43 heavy (non-hydrogen) atoms. The number of benzene rings is 6. The summed E-state index contributed by atoms with van der Waals surface area (Å²) in [4.78, 5) is 7.18. The molecule has 0 amide bonds. The minimum absolute atomic E-state index is 1.03. The topological polar surface area (TPSA) is 21.1 Å². The largest absolute Gasteiger partial charge is 0.310 e. The fourth-order valence-corrected chi connectivity index (χ4v) is 7.59. The van der Waals surface area contributed by atoms with E-state index in [0.717, 1.165) is 33.8 Å². The van der Waals surface area contributed by atoms with Crippen LogP contribution in [0, 0.1) is 0 Å². The van der Waals surface area contributed by atoms with E-state index in [0.29, 0.717) is 0 Å². The predicted octanol–water partition coefficient (Wildman–Crippen LogP) is 11.2. The van der Waals surface area contributed by atoms with Gasteiger partial charge in [0.15, 0.2) is 0 Å². The summed E-state index contributed by atoms with van der Waals surface area (Å²) in [5.41, 5.74) is 7.83. The lowest BCUT2D eigenvalue weighted by atomic mass is 10.1. The van der Waals surface area contributed by atoms with Crippen molar-refractivity contribution >= 4 is 81.3 Å². The van der Waals surface area contributed by atoms with Gasteiger partial charge in [-0.25, -0.2) is 0 Å². The number of nitrogens with zero attached hydrogens (tertiary/aromatic N) is 3. The van der Waals surface area contributed by atoms with Crippen LogP contribution in [0.15, 0.2) is 152 Å². The second-order valence-corrected chi connectivity index (χ2v) is 11.9. The molecule has 0 atom stereocenters. The Hall–Kier alpha value is -5.45. The molecule has 0 saturated carbocycles. The molecule has 4 heteroatoms. The summed E-state index contributed by atoms with van der Waals surface area (Å²) >= 11 is 1.85. The number of para-hydroxylation sites is 1. The molecule has 0 N–H and O–H groups in total. The number of hydrogen-bond donors (Lipinski definition) is 0. The first-order valence-corrected chi connectivity index (χ1v) is 15.3. The van der Waals surface area contributed by atoms with E-state index in [4.69, 9.17) is 4.98 Å². The van der Waals surface area contributed by atoms with E-state index < -0.39 is 0 Å². The smallest absolute Gasteiger partial charge is 0.0963 e. The molecule has 0 bridgehead atoms. The molecule has 0 unspecified atom stereocenters. The highest BCUT2D eigenvalue weighted by Crippen LogP contribution is 2.43. The first kappa shape index (κ1) is 24.2. The Bertz CT molecular complexity index is 2450. The van der Waals surface area contributed by atoms with Crippen LogP contribution in [0.3, 0.4) is 0 Å². The lowest BCUT2D eigenvalue weighted by molar-refractivity contribution is 1.18. The summed E-state index contributed by atoms with van der Waals surface area (Å²) in [5, 5.41) is 6.23. The van der Waals surface area contributed by atoms with E-state index in [1.54, 1.807) is 0 Å². The Kier molecular flexibility index (Phi) is 5.37. The second-order valence-electron chi connectivity index (χ2n) is 10.9. The lowest BCUT2D eigenvalue weighted by Gasteiger charge is -2.26. The van der Waals surface area contributed by atoms with E-state index in [1.165, 1.54) is 41.8 Å². The van der Waals surface area contributed by atoms with Gasteiger partial charge < -0.3 is 9.47 Å². The maximum Gasteiger partial charge on any atom is 0.0963 e. The zero-order chi connectivity index (χ0) is 28.3. The third-order valence-electron chi connectivity index (χ3n) is 8.39. The summed E-state index contributed by atoms with van der Waals surface area (Å²) in [6.45, 7) is 0. The molecule has 3 heterocycles. The molecular weight excluding hydrogens is 543 g/mol. The normalized spacial score (nSPS) is 11.7. The first-order valence-electron chi connectivity index (χ1n) is 14.5. The van der Waals surface area contributed by atoms with Gasteiger partial charge in [-0.2, -0.15) is 0 Å². The molecule has 6 aromatic carbocycles. The van der Waals surface area contributed by atoms with Gasteiger partial charge in [-0.3, -0.25) is 4.98 Å². The molecule has 0 fully saturated rings. The van der Waals surface area contributed by atoms with Crippen molar-refractivity contribution in [3.05, 3.63) is 152 Å². The van der Waals surface area contributed by atoms with E-state index >= 15 is 0 Å². The summed E-state index contributed by atoms with van der Waals surface area (Å²) < 4.78 is 4.99. The molecule has 0 spiro atoms. The van der Waals surface area contributed by atoms with Crippen molar-refractivity contribution in [1.82, 2.24) is 9.55 Å². The molecule has 0 saturated heterocycles. The first-order chi connectivity index (χ1) is 21.3. The number of thiophene rings is 1. The Balaban J connectivity index is 1.26. The minimum atomic E-state index is 1.03. The number of pyridine rings is 1. The van der Waals surface area contributed by atoms with Crippen LogP contribution in [0.1, 0.15) is 0 Å². The van der Waals surface area contributed by atoms with Crippen LogP contribution in [-0.2, 0) is 0 Å². The van der Waals surface area contributed by atoms with Crippen molar-refractivity contribution in [2.45, 2.75) is 0 Å². The predicted molar refractivity (Wildman–Crippen MR) is 184 cm³/mol. The maximum absolute atomic E-state index is 4.85. The summed E-state index contributed by atoms with van der Waals surface area (Å²) in [6, 6.07) is 52.2.